The molecule has 1 aliphatic rings. The summed E-state index contributed by atoms with van der Waals surface area (Å²) in [7, 11) is -2.35. The van der Waals surface area contributed by atoms with Crippen molar-refractivity contribution in [2.45, 2.75) is 37.1 Å². The second-order valence-electron chi connectivity index (χ2n) is 9.60. The van der Waals surface area contributed by atoms with Crippen LogP contribution >= 0.6 is 0 Å². The highest BCUT2D eigenvalue weighted by atomic mass is 32.2. The van der Waals surface area contributed by atoms with Crippen LogP contribution in [0.2, 0.25) is 0 Å². The number of nitrogens with one attached hydrogen (secondary N) is 2. The number of likely N-dealkylation sites (tertiary alicyclic amines) is 1. The molecular weight excluding hydrogens is 534 g/mol. The molecule has 1 aliphatic heterocycles. The fourth-order valence-corrected chi connectivity index (χ4v) is 6.36. The van der Waals surface area contributed by atoms with Gasteiger partial charge in [0, 0.05) is 18.3 Å². The molecule has 0 spiro atoms. The van der Waals surface area contributed by atoms with Gasteiger partial charge in [-0.3, -0.25) is 4.79 Å². The number of amides is 3. The van der Waals surface area contributed by atoms with Crippen LogP contribution in [0.1, 0.15) is 34.3 Å². The Morgan fingerprint density at radius 3 is 2.48 bits per heavy atom. The van der Waals surface area contributed by atoms with Gasteiger partial charge in [0.2, 0.25) is 5.91 Å². The van der Waals surface area contributed by atoms with Crippen molar-refractivity contribution in [2.75, 3.05) is 30.0 Å². The molecule has 1 fully saturated rings. The van der Waals surface area contributed by atoms with E-state index in [1.54, 1.807) is 29.2 Å². The molecule has 3 aromatic carbocycles. The van der Waals surface area contributed by atoms with Gasteiger partial charge in [-0.15, -0.1) is 0 Å². The number of aryl methyl sites for hydroxylation is 1. The third-order valence-corrected chi connectivity index (χ3v) is 8.61. The van der Waals surface area contributed by atoms with Crippen molar-refractivity contribution in [1.29, 1.82) is 0 Å². The van der Waals surface area contributed by atoms with Crippen molar-refractivity contribution in [1.82, 2.24) is 4.90 Å². The van der Waals surface area contributed by atoms with E-state index >= 15 is 0 Å². The highest BCUT2D eigenvalue weighted by molar-refractivity contribution is 7.91. The Morgan fingerprint density at radius 2 is 1.75 bits per heavy atom. The van der Waals surface area contributed by atoms with Gasteiger partial charge in [0.25, 0.3) is 0 Å². The van der Waals surface area contributed by atoms with E-state index in [1.165, 1.54) is 25.3 Å². The Morgan fingerprint density at radius 1 is 1.00 bits per heavy atom. The number of methoxy groups -OCH3 is 1. The Hall–Kier alpha value is -4.38. The molecule has 11 heteroatoms. The highest BCUT2D eigenvalue weighted by Crippen LogP contribution is 2.28. The summed E-state index contributed by atoms with van der Waals surface area (Å²) in [4.78, 5) is 38.5. The van der Waals surface area contributed by atoms with Gasteiger partial charge in [0.15, 0.2) is 9.84 Å². The topological polar surface area (TPSA) is 142 Å². The van der Waals surface area contributed by atoms with E-state index in [4.69, 9.17) is 4.74 Å². The molecule has 0 radical (unpaired) electrons. The van der Waals surface area contributed by atoms with E-state index in [1.807, 2.05) is 25.1 Å². The minimum absolute atomic E-state index is 0.0249. The summed E-state index contributed by atoms with van der Waals surface area (Å²) in [6, 6.07) is 16.7. The molecule has 3 amide bonds. The summed E-state index contributed by atoms with van der Waals surface area (Å²) in [5.41, 5.74) is 2.56. The van der Waals surface area contributed by atoms with E-state index < -0.39 is 27.9 Å². The second-order valence-corrected chi connectivity index (χ2v) is 11.6. The fourth-order valence-electron chi connectivity index (χ4n) is 4.72. The number of carbonyl (C=O) groups is 3. The number of urea groups is 1. The van der Waals surface area contributed by atoms with Gasteiger partial charge in [-0.2, -0.15) is 0 Å². The molecule has 4 rings (SSSR count). The van der Waals surface area contributed by atoms with Gasteiger partial charge in [0.1, 0.15) is 5.75 Å². The van der Waals surface area contributed by atoms with Gasteiger partial charge < -0.3 is 25.4 Å². The lowest BCUT2D eigenvalue weighted by Gasteiger charge is -2.25. The average Bonchev–Trinajstić information content (AvgIpc) is 3.38. The van der Waals surface area contributed by atoms with E-state index in [9.17, 15) is 27.9 Å². The van der Waals surface area contributed by atoms with Crippen LogP contribution in [0.3, 0.4) is 0 Å². The molecule has 40 heavy (non-hydrogen) atoms. The number of rotatable bonds is 9. The zero-order valence-electron chi connectivity index (χ0n) is 22.2. The molecule has 1 saturated heterocycles. The average molecular weight is 566 g/mol. The summed E-state index contributed by atoms with van der Waals surface area (Å²) in [5.74, 6) is -1.34. The lowest BCUT2D eigenvalue weighted by molar-refractivity contribution is -0.130. The number of para-hydroxylation sites is 1. The second kappa shape index (κ2) is 12.2. The molecule has 1 atom stereocenters. The summed E-state index contributed by atoms with van der Waals surface area (Å²) >= 11 is 0. The van der Waals surface area contributed by atoms with Crippen molar-refractivity contribution >= 4 is 39.1 Å². The quantitative estimate of drug-likeness (QED) is 0.350. The number of carboxylic acids is 1. The lowest BCUT2D eigenvalue weighted by atomic mass is 10.1. The van der Waals surface area contributed by atoms with Crippen LogP contribution in [0, 0.1) is 6.92 Å². The van der Waals surface area contributed by atoms with Crippen LogP contribution in [-0.4, -0.2) is 61.8 Å². The van der Waals surface area contributed by atoms with Gasteiger partial charge in [0.05, 0.1) is 35.4 Å². The first-order valence-electron chi connectivity index (χ1n) is 12.7. The first-order valence-corrected chi connectivity index (χ1v) is 14.4. The van der Waals surface area contributed by atoms with Crippen LogP contribution in [0.4, 0.5) is 16.2 Å². The molecule has 0 aliphatic carbocycles. The van der Waals surface area contributed by atoms with Gasteiger partial charge >= 0.3 is 12.0 Å². The fraction of sp³-hybridized carbons (Fsp3) is 0.276. The first kappa shape index (κ1) is 28.6. The number of ether oxygens (including phenoxy) is 1. The first-order chi connectivity index (χ1) is 19.1. The van der Waals surface area contributed by atoms with Gasteiger partial charge in [-0.1, -0.05) is 30.3 Å². The Labute approximate surface area is 232 Å². The number of nitrogens with zero attached hydrogens (tertiary/aromatic N) is 1. The minimum Gasteiger partial charge on any atom is -0.495 e. The van der Waals surface area contributed by atoms with E-state index in [0.717, 1.165) is 11.6 Å². The number of hydrogen-bond acceptors (Lipinski definition) is 6. The maximum absolute atomic E-state index is 13.2. The molecule has 1 unspecified atom stereocenters. The monoisotopic (exact) mass is 565 g/mol. The van der Waals surface area contributed by atoms with Crippen molar-refractivity contribution in [3.05, 3.63) is 83.4 Å². The Kier molecular flexibility index (Phi) is 8.73. The number of aromatic carboxylic acids is 1. The summed E-state index contributed by atoms with van der Waals surface area (Å²) in [6.45, 7) is 2.32. The molecule has 3 N–H and O–H groups in total. The Balaban J connectivity index is 1.42. The van der Waals surface area contributed by atoms with E-state index in [0.29, 0.717) is 42.1 Å². The molecular formula is C29H31N3O7S. The molecule has 1 heterocycles. The van der Waals surface area contributed by atoms with Gasteiger partial charge in [-0.25, -0.2) is 18.0 Å². The predicted octanol–water partition coefficient (Wildman–Crippen LogP) is 4.35. The summed E-state index contributed by atoms with van der Waals surface area (Å²) in [5, 5.41) is 14.8. The third-order valence-electron chi connectivity index (χ3n) is 6.81. The molecule has 0 aromatic heterocycles. The standard InChI is InChI=1S/C29H31N3O7S/c1-19-7-3-4-11-24(19)30-29(36)31-25-13-12-20(15-26(25)39-2)16-27(33)32-14-6-9-22(32)18-40(37,38)23-10-5-8-21(17-23)28(34)35/h3-5,7-8,10-13,15,17,22H,6,9,14,16,18H2,1-2H3,(H,34,35)(H2,30,31,36). The third kappa shape index (κ3) is 6.78. The zero-order valence-corrected chi connectivity index (χ0v) is 23.0. The maximum Gasteiger partial charge on any atom is 0.335 e. The SMILES string of the molecule is COc1cc(CC(=O)N2CCCC2CS(=O)(=O)c2cccc(C(=O)O)c2)ccc1NC(=O)Nc1ccccc1C. The predicted molar refractivity (Wildman–Crippen MR) is 151 cm³/mol. The lowest BCUT2D eigenvalue weighted by Crippen LogP contribution is -2.40. The zero-order chi connectivity index (χ0) is 28.9. The van der Waals surface area contributed by atoms with Crippen molar-refractivity contribution < 1.29 is 32.6 Å². The summed E-state index contributed by atoms with van der Waals surface area (Å²) < 4.78 is 31.5. The minimum atomic E-state index is -3.82. The van der Waals surface area contributed by atoms with Crippen LogP contribution in [-0.2, 0) is 21.1 Å². The smallest absolute Gasteiger partial charge is 0.335 e. The van der Waals surface area contributed by atoms with E-state index in [-0.39, 0.29) is 28.5 Å². The number of benzene rings is 3. The Bertz CT molecular complexity index is 1540. The highest BCUT2D eigenvalue weighted by Gasteiger charge is 2.33. The van der Waals surface area contributed by atoms with Crippen molar-refractivity contribution in [2.24, 2.45) is 0 Å². The number of hydrogen-bond donors (Lipinski definition) is 3. The number of anilines is 2. The van der Waals surface area contributed by atoms with Gasteiger partial charge in [-0.05, 0) is 67.3 Å². The van der Waals surface area contributed by atoms with Crippen LogP contribution in [0.15, 0.2) is 71.6 Å². The van der Waals surface area contributed by atoms with Crippen molar-refractivity contribution in [3.63, 3.8) is 0 Å². The molecule has 0 bridgehead atoms. The van der Waals surface area contributed by atoms with Crippen LogP contribution in [0.25, 0.3) is 0 Å². The van der Waals surface area contributed by atoms with E-state index in [2.05, 4.69) is 10.6 Å². The van der Waals surface area contributed by atoms with Crippen LogP contribution in [0.5, 0.6) is 5.75 Å². The van der Waals surface area contributed by atoms with Crippen molar-refractivity contribution in [3.8, 4) is 5.75 Å². The number of sulfone groups is 1. The molecule has 3 aromatic rings. The van der Waals surface area contributed by atoms with Crippen LogP contribution < -0.4 is 15.4 Å². The normalized spacial score (nSPS) is 14.9. The molecule has 0 saturated carbocycles. The molecule has 10 nitrogen and oxygen atoms in total. The molecule has 210 valence electrons. The number of carboxylic acid groups (broad SMARTS) is 1. The maximum atomic E-state index is 13.2. The summed E-state index contributed by atoms with van der Waals surface area (Å²) in [6.07, 6.45) is 1.23. The number of carbonyl (C=O) groups excluding carboxylic acids is 2. The largest absolute Gasteiger partial charge is 0.495 e.